The zero-order valence-electron chi connectivity index (χ0n) is 14.3. The Morgan fingerprint density at radius 2 is 1.88 bits per heavy atom. The second kappa shape index (κ2) is 5.43. The quantitative estimate of drug-likeness (QED) is 0.908. The second-order valence-electron chi connectivity index (χ2n) is 6.57. The summed E-state index contributed by atoms with van der Waals surface area (Å²) < 4.78 is 22.2. The summed E-state index contributed by atoms with van der Waals surface area (Å²) in [7, 11) is 3.39. The maximum absolute atomic E-state index is 5.64. The van der Waals surface area contributed by atoms with E-state index in [0.717, 1.165) is 42.5 Å². The Labute approximate surface area is 146 Å². The van der Waals surface area contributed by atoms with E-state index in [2.05, 4.69) is 24.3 Å². The first-order chi connectivity index (χ1) is 12.3. The van der Waals surface area contributed by atoms with Crippen molar-refractivity contribution >= 4 is 11.8 Å². The SMILES string of the molecule is COc1ccc2c(c1OC)C[NH+]1CCc3cc4c(cc3C1=C2)OCO4. The Morgan fingerprint density at radius 1 is 1.04 bits per heavy atom. The Kier molecular flexibility index (Phi) is 3.18. The highest BCUT2D eigenvalue weighted by Gasteiger charge is 2.34. The third-order valence-corrected chi connectivity index (χ3v) is 5.34. The lowest BCUT2D eigenvalue weighted by molar-refractivity contribution is -0.841. The molecule has 2 aromatic carbocycles. The maximum atomic E-state index is 5.64. The van der Waals surface area contributed by atoms with Crippen LogP contribution in [0.3, 0.4) is 0 Å². The van der Waals surface area contributed by atoms with Crippen LogP contribution in [-0.4, -0.2) is 27.6 Å². The number of methoxy groups -OCH3 is 2. The highest BCUT2D eigenvalue weighted by Crippen LogP contribution is 2.40. The first kappa shape index (κ1) is 14.7. The second-order valence-corrected chi connectivity index (χ2v) is 6.57. The van der Waals surface area contributed by atoms with Gasteiger partial charge in [-0.25, -0.2) is 0 Å². The molecule has 0 spiro atoms. The molecule has 128 valence electrons. The average Bonchev–Trinajstić information content (AvgIpc) is 3.11. The number of benzene rings is 2. The monoisotopic (exact) mass is 338 g/mol. The number of nitrogens with one attached hydrogen (secondary N) is 1. The van der Waals surface area contributed by atoms with E-state index in [1.807, 2.05) is 6.07 Å². The molecule has 3 aliphatic heterocycles. The molecule has 2 aromatic rings. The number of rotatable bonds is 2. The lowest BCUT2D eigenvalue weighted by Crippen LogP contribution is -3.09. The van der Waals surface area contributed by atoms with Gasteiger partial charge in [0, 0.05) is 18.1 Å². The third-order valence-electron chi connectivity index (χ3n) is 5.34. The molecule has 5 heteroatoms. The molecule has 1 unspecified atom stereocenters. The van der Waals surface area contributed by atoms with Crippen molar-refractivity contribution in [2.24, 2.45) is 0 Å². The summed E-state index contributed by atoms with van der Waals surface area (Å²) in [6.45, 7) is 2.27. The highest BCUT2D eigenvalue weighted by atomic mass is 16.7. The molecule has 5 nitrogen and oxygen atoms in total. The molecule has 25 heavy (non-hydrogen) atoms. The van der Waals surface area contributed by atoms with Gasteiger partial charge < -0.3 is 18.9 Å². The molecule has 0 aliphatic carbocycles. The molecule has 1 N–H and O–H groups in total. The van der Waals surface area contributed by atoms with Gasteiger partial charge in [-0.05, 0) is 29.3 Å². The maximum Gasteiger partial charge on any atom is 0.231 e. The van der Waals surface area contributed by atoms with Crippen LogP contribution in [0, 0.1) is 0 Å². The molecule has 3 heterocycles. The van der Waals surface area contributed by atoms with Crippen LogP contribution in [0.4, 0.5) is 0 Å². The number of quaternary nitrogens is 1. The molecule has 0 saturated carbocycles. The van der Waals surface area contributed by atoms with Gasteiger partial charge in [0.2, 0.25) is 6.79 Å². The van der Waals surface area contributed by atoms with Gasteiger partial charge in [-0.15, -0.1) is 0 Å². The van der Waals surface area contributed by atoms with E-state index in [9.17, 15) is 0 Å². The van der Waals surface area contributed by atoms with Crippen molar-refractivity contribution in [3.63, 3.8) is 0 Å². The summed E-state index contributed by atoms with van der Waals surface area (Å²) in [6.07, 6.45) is 3.30. The van der Waals surface area contributed by atoms with Gasteiger partial charge in [0.1, 0.15) is 12.2 Å². The summed E-state index contributed by atoms with van der Waals surface area (Å²) in [5.74, 6) is 3.35. The molecule has 0 bridgehead atoms. The van der Waals surface area contributed by atoms with Crippen LogP contribution in [0.5, 0.6) is 23.0 Å². The molecule has 0 aromatic heterocycles. The van der Waals surface area contributed by atoms with Gasteiger partial charge >= 0.3 is 0 Å². The Morgan fingerprint density at radius 3 is 2.68 bits per heavy atom. The minimum absolute atomic E-state index is 0.313. The molecule has 0 fully saturated rings. The molecule has 3 aliphatic rings. The van der Waals surface area contributed by atoms with Crippen LogP contribution < -0.4 is 23.8 Å². The summed E-state index contributed by atoms with van der Waals surface area (Å²) in [6, 6.07) is 8.36. The molecular weight excluding hydrogens is 318 g/mol. The van der Waals surface area contributed by atoms with Crippen LogP contribution in [0.25, 0.3) is 11.8 Å². The van der Waals surface area contributed by atoms with Crippen LogP contribution in [0.1, 0.15) is 22.3 Å². The van der Waals surface area contributed by atoms with Crippen LogP contribution >= 0.6 is 0 Å². The summed E-state index contributed by atoms with van der Waals surface area (Å²) in [4.78, 5) is 1.45. The van der Waals surface area contributed by atoms with Crippen molar-refractivity contribution in [2.45, 2.75) is 13.0 Å². The van der Waals surface area contributed by atoms with E-state index in [-0.39, 0.29) is 0 Å². The van der Waals surface area contributed by atoms with Crippen molar-refractivity contribution < 1.29 is 23.8 Å². The summed E-state index contributed by atoms with van der Waals surface area (Å²) in [5.41, 5.74) is 6.33. The molecular formula is C20H20NO4+. The fourth-order valence-corrected chi connectivity index (χ4v) is 4.11. The van der Waals surface area contributed by atoms with Crippen molar-refractivity contribution in [1.29, 1.82) is 0 Å². The van der Waals surface area contributed by atoms with Crippen LogP contribution in [-0.2, 0) is 13.0 Å². The van der Waals surface area contributed by atoms with E-state index < -0.39 is 0 Å². The van der Waals surface area contributed by atoms with Gasteiger partial charge in [-0.1, -0.05) is 6.07 Å². The number of hydrogen-bond donors (Lipinski definition) is 1. The largest absolute Gasteiger partial charge is 0.493 e. The Bertz CT molecular complexity index is 903. The third kappa shape index (κ3) is 2.12. The molecule has 0 saturated heterocycles. The van der Waals surface area contributed by atoms with Crippen LogP contribution in [0.2, 0.25) is 0 Å². The molecule has 0 radical (unpaired) electrons. The fraction of sp³-hybridized carbons (Fsp3) is 0.300. The molecule has 0 amide bonds. The van der Waals surface area contributed by atoms with Gasteiger partial charge in [-0.2, -0.15) is 0 Å². The number of fused-ring (bicyclic) bond motifs is 5. The molecule has 1 atom stereocenters. The van der Waals surface area contributed by atoms with Crippen molar-refractivity contribution in [2.75, 3.05) is 27.6 Å². The van der Waals surface area contributed by atoms with Gasteiger partial charge in [-0.3, -0.25) is 4.90 Å². The smallest absolute Gasteiger partial charge is 0.231 e. The zero-order valence-corrected chi connectivity index (χ0v) is 14.3. The number of hydrogen-bond acceptors (Lipinski definition) is 4. The predicted molar refractivity (Wildman–Crippen MR) is 93.2 cm³/mol. The zero-order chi connectivity index (χ0) is 17.0. The van der Waals surface area contributed by atoms with Gasteiger partial charge in [0.25, 0.3) is 0 Å². The van der Waals surface area contributed by atoms with Gasteiger partial charge in [0.15, 0.2) is 23.0 Å². The standard InChI is InChI=1S/C20H19NO4/c1-22-17-4-3-12-7-16-14-9-19-18(24-11-25-19)8-13(14)5-6-21(16)10-15(12)20(17)23-2/h3-4,7-9H,5-6,10-11H2,1-2H3/p+1. The first-order valence-electron chi connectivity index (χ1n) is 8.52. The first-order valence-corrected chi connectivity index (χ1v) is 8.52. The van der Waals surface area contributed by atoms with E-state index >= 15 is 0 Å². The summed E-state index contributed by atoms with van der Waals surface area (Å²) >= 11 is 0. The topological polar surface area (TPSA) is 41.4 Å². The normalized spacial score (nSPS) is 19.4. The minimum Gasteiger partial charge on any atom is -0.493 e. The number of ether oxygens (including phenoxy) is 4. The fourth-order valence-electron chi connectivity index (χ4n) is 4.11. The highest BCUT2D eigenvalue weighted by molar-refractivity contribution is 5.83. The minimum atomic E-state index is 0.313. The van der Waals surface area contributed by atoms with E-state index in [1.54, 1.807) is 14.2 Å². The van der Waals surface area contributed by atoms with E-state index in [4.69, 9.17) is 18.9 Å². The van der Waals surface area contributed by atoms with Gasteiger partial charge in [0.05, 0.1) is 26.3 Å². The average molecular weight is 338 g/mol. The van der Waals surface area contributed by atoms with E-state index in [1.165, 1.54) is 32.9 Å². The Hall–Kier alpha value is -2.66. The van der Waals surface area contributed by atoms with Crippen molar-refractivity contribution in [3.05, 3.63) is 46.5 Å². The van der Waals surface area contributed by atoms with Crippen molar-refractivity contribution in [1.82, 2.24) is 0 Å². The lowest BCUT2D eigenvalue weighted by Gasteiger charge is -2.32. The summed E-state index contributed by atoms with van der Waals surface area (Å²) in [5, 5.41) is 0. The van der Waals surface area contributed by atoms with E-state index in [0.29, 0.717) is 6.79 Å². The predicted octanol–water partition coefficient (Wildman–Crippen LogP) is 1.89. The lowest BCUT2D eigenvalue weighted by atomic mass is 9.90. The Balaban J connectivity index is 1.66. The molecule has 5 rings (SSSR count). The van der Waals surface area contributed by atoms with Crippen molar-refractivity contribution in [3.8, 4) is 23.0 Å². The van der Waals surface area contributed by atoms with Crippen LogP contribution in [0.15, 0.2) is 24.3 Å².